The van der Waals surface area contributed by atoms with Crippen molar-refractivity contribution in [1.82, 2.24) is 0 Å². The smallest absolute Gasteiger partial charge is 0.0178 e. The summed E-state index contributed by atoms with van der Waals surface area (Å²) in [5, 5.41) is 0. The number of nitrogens with two attached hydrogens (primary N) is 1. The van der Waals surface area contributed by atoms with Crippen molar-refractivity contribution in [2.75, 3.05) is 0 Å². The van der Waals surface area contributed by atoms with Crippen LogP contribution in [-0.2, 0) is 6.54 Å². The summed E-state index contributed by atoms with van der Waals surface area (Å²) in [7, 11) is 0. The summed E-state index contributed by atoms with van der Waals surface area (Å²) in [6.45, 7) is 0.658. The Balaban J connectivity index is 2.12. The van der Waals surface area contributed by atoms with Gasteiger partial charge in [-0.2, -0.15) is 0 Å². The predicted molar refractivity (Wildman–Crippen MR) is 55.5 cm³/mol. The maximum atomic E-state index is 5.55. The summed E-state index contributed by atoms with van der Waals surface area (Å²) in [5.74, 6) is 0.826. The molecule has 0 atom stereocenters. The molecule has 1 aliphatic rings. The van der Waals surface area contributed by atoms with E-state index in [9.17, 15) is 0 Å². The van der Waals surface area contributed by atoms with E-state index in [0.29, 0.717) is 6.54 Å². The van der Waals surface area contributed by atoms with Gasteiger partial charge in [0, 0.05) is 6.54 Å². The van der Waals surface area contributed by atoms with E-state index in [1.54, 1.807) is 0 Å². The number of benzene rings is 1. The van der Waals surface area contributed by atoms with Gasteiger partial charge in [-0.15, -0.1) is 0 Å². The molecule has 0 spiro atoms. The summed E-state index contributed by atoms with van der Waals surface area (Å²) in [6.07, 6.45) is 5.57. The summed E-state index contributed by atoms with van der Waals surface area (Å²) in [6, 6.07) is 8.82. The Labute approximate surface area is 80.0 Å². The maximum absolute atomic E-state index is 5.55. The fourth-order valence-corrected chi connectivity index (χ4v) is 2.19. The fourth-order valence-electron chi connectivity index (χ4n) is 2.19. The highest BCUT2D eigenvalue weighted by Crippen LogP contribution is 2.33. The molecule has 13 heavy (non-hydrogen) atoms. The minimum atomic E-state index is 0.658. The second-order valence-corrected chi connectivity index (χ2v) is 3.93. The summed E-state index contributed by atoms with van der Waals surface area (Å²) in [4.78, 5) is 0. The molecule has 1 aromatic rings. The van der Waals surface area contributed by atoms with Gasteiger partial charge >= 0.3 is 0 Å². The van der Waals surface area contributed by atoms with Crippen molar-refractivity contribution in [3.05, 3.63) is 35.4 Å². The molecule has 0 heterocycles. The molecular formula is C12H17N. The van der Waals surface area contributed by atoms with Crippen LogP contribution in [0.4, 0.5) is 0 Å². The van der Waals surface area contributed by atoms with Gasteiger partial charge in [0.2, 0.25) is 0 Å². The third kappa shape index (κ3) is 1.92. The third-order valence-corrected chi connectivity index (χ3v) is 3.04. The first-order chi connectivity index (χ1) is 6.40. The zero-order valence-corrected chi connectivity index (χ0v) is 8.00. The van der Waals surface area contributed by atoms with Crippen LogP contribution >= 0.6 is 0 Å². The monoisotopic (exact) mass is 175 g/mol. The van der Waals surface area contributed by atoms with Crippen LogP contribution in [-0.4, -0.2) is 0 Å². The van der Waals surface area contributed by atoms with Gasteiger partial charge in [-0.05, 0) is 29.9 Å². The molecule has 2 rings (SSSR count). The van der Waals surface area contributed by atoms with E-state index in [2.05, 4.69) is 24.3 Å². The molecule has 0 saturated heterocycles. The summed E-state index contributed by atoms with van der Waals surface area (Å²) < 4.78 is 0. The quantitative estimate of drug-likeness (QED) is 0.735. The molecule has 1 aliphatic carbocycles. The highest BCUT2D eigenvalue weighted by atomic mass is 14.5. The minimum Gasteiger partial charge on any atom is -0.326 e. The van der Waals surface area contributed by atoms with E-state index in [-0.39, 0.29) is 0 Å². The van der Waals surface area contributed by atoms with Crippen molar-refractivity contribution in [3.8, 4) is 0 Å². The lowest BCUT2D eigenvalue weighted by Crippen LogP contribution is -1.97. The van der Waals surface area contributed by atoms with E-state index in [4.69, 9.17) is 5.73 Å². The van der Waals surface area contributed by atoms with Gasteiger partial charge in [0.25, 0.3) is 0 Å². The molecular weight excluding hydrogens is 158 g/mol. The highest BCUT2D eigenvalue weighted by Gasteiger charge is 2.16. The molecule has 0 aliphatic heterocycles. The Morgan fingerprint density at radius 3 is 2.23 bits per heavy atom. The lowest BCUT2D eigenvalue weighted by Gasteiger charge is -2.09. The molecule has 0 bridgehead atoms. The van der Waals surface area contributed by atoms with Gasteiger partial charge in [-0.1, -0.05) is 37.1 Å². The van der Waals surface area contributed by atoms with Crippen molar-refractivity contribution in [2.24, 2.45) is 5.73 Å². The molecule has 1 nitrogen and oxygen atoms in total. The van der Waals surface area contributed by atoms with Gasteiger partial charge in [0.1, 0.15) is 0 Å². The number of hydrogen-bond donors (Lipinski definition) is 1. The molecule has 1 heteroatoms. The topological polar surface area (TPSA) is 26.0 Å². The second-order valence-electron chi connectivity index (χ2n) is 3.93. The lowest BCUT2D eigenvalue weighted by molar-refractivity contribution is 0.723. The average Bonchev–Trinajstić information content (AvgIpc) is 2.71. The molecule has 0 unspecified atom stereocenters. The number of rotatable bonds is 2. The molecule has 1 aromatic carbocycles. The Morgan fingerprint density at radius 2 is 1.69 bits per heavy atom. The van der Waals surface area contributed by atoms with Gasteiger partial charge in [0.15, 0.2) is 0 Å². The Bertz CT molecular complexity index is 257. The Hall–Kier alpha value is -0.820. The molecule has 1 fully saturated rings. The van der Waals surface area contributed by atoms with E-state index >= 15 is 0 Å². The van der Waals surface area contributed by atoms with Crippen LogP contribution in [0.25, 0.3) is 0 Å². The largest absolute Gasteiger partial charge is 0.326 e. The van der Waals surface area contributed by atoms with Gasteiger partial charge in [-0.25, -0.2) is 0 Å². The van der Waals surface area contributed by atoms with Crippen molar-refractivity contribution >= 4 is 0 Å². The zero-order valence-electron chi connectivity index (χ0n) is 8.00. The summed E-state index contributed by atoms with van der Waals surface area (Å²) in [5.41, 5.74) is 8.30. The lowest BCUT2D eigenvalue weighted by atomic mass is 9.97. The molecule has 0 radical (unpaired) electrons. The first-order valence-corrected chi connectivity index (χ1v) is 5.19. The van der Waals surface area contributed by atoms with Crippen molar-refractivity contribution in [2.45, 2.75) is 38.1 Å². The van der Waals surface area contributed by atoms with E-state index in [0.717, 1.165) is 5.92 Å². The van der Waals surface area contributed by atoms with Crippen molar-refractivity contribution < 1.29 is 0 Å². The maximum Gasteiger partial charge on any atom is 0.0178 e. The van der Waals surface area contributed by atoms with Crippen LogP contribution in [0.3, 0.4) is 0 Å². The Kier molecular flexibility index (Phi) is 2.65. The predicted octanol–water partition coefficient (Wildman–Crippen LogP) is 2.80. The highest BCUT2D eigenvalue weighted by molar-refractivity contribution is 5.25. The van der Waals surface area contributed by atoms with Crippen LogP contribution in [0.15, 0.2) is 24.3 Å². The zero-order chi connectivity index (χ0) is 9.10. The van der Waals surface area contributed by atoms with Gasteiger partial charge in [-0.3, -0.25) is 0 Å². The molecule has 0 amide bonds. The van der Waals surface area contributed by atoms with Gasteiger partial charge < -0.3 is 5.73 Å². The third-order valence-electron chi connectivity index (χ3n) is 3.04. The molecule has 2 N–H and O–H groups in total. The van der Waals surface area contributed by atoms with Crippen LogP contribution in [0.5, 0.6) is 0 Å². The molecule has 0 aromatic heterocycles. The molecule has 70 valence electrons. The van der Waals surface area contributed by atoms with Crippen LogP contribution in [0.1, 0.15) is 42.7 Å². The summed E-state index contributed by atoms with van der Waals surface area (Å²) >= 11 is 0. The van der Waals surface area contributed by atoms with E-state index < -0.39 is 0 Å². The van der Waals surface area contributed by atoms with Crippen LogP contribution in [0, 0.1) is 0 Å². The Morgan fingerprint density at radius 1 is 1.08 bits per heavy atom. The average molecular weight is 175 g/mol. The standard InChI is InChI=1S/C12H17N/c13-9-10-5-7-12(8-6-10)11-3-1-2-4-11/h5-8,11H,1-4,9,13H2. The SMILES string of the molecule is NCc1ccc(C2CCCC2)cc1. The first-order valence-electron chi connectivity index (χ1n) is 5.19. The van der Waals surface area contributed by atoms with Crippen LogP contribution in [0.2, 0.25) is 0 Å². The van der Waals surface area contributed by atoms with Crippen LogP contribution < -0.4 is 5.73 Å². The van der Waals surface area contributed by atoms with E-state index in [1.807, 2.05) is 0 Å². The minimum absolute atomic E-state index is 0.658. The molecule has 1 saturated carbocycles. The van der Waals surface area contributed by atoms with Gasteiger partial charge in [0.05, 0.1) is 0 Å². The van der Waals surface area contributed by atoms with Crippen molar-refractivity contribution in [3.63, 3.8) is 0 Å². The number of hydrogen-bond acceptors (Lipinski definition) is 1. The first kappa shape index (κ1) is 8.76. The van der Waals surface area contributed by atoms with Crippen molar-refractivity contribution in [1.29, 1.82) is 0 Å². The fraction of sp³-hybridized carbons (Fsp3) is 0.500. The van der Waals surface area contributed by atoms with E-state index in [1.165, 1.54) is 36.8 Å². The normalized spacial score (nSPS) is 17.9. The second kappa shape index (κ2) is 3.93.